The van der Waals surface area contributed by atoms with Gasteiger partial charge in [-0.25, -0.2) is 0 Å². The van der Waals surface area contributed by atoms with Crippen molar-refractivity contribution in [3.05, 3.63) is 42.0 Å². The molecule has 3 aromatic rings. The number of aryl methyl sites for hydroxylation is 1. The third-order valence-electron chi connectivity index (χ3n) is 2.82. The molecule has 0 aliphatic rings. The van der Waals surface area contributed by atoms with Crippen molar-refractivity contribution in [2.24, 2.45) is 0 Å². The second-order valence-corrected chi connectivity index (χ2v) is 4.34. The molecule has 0 saturated carbocycles. The Kier molecular flexibility index (Phi) is 1.80. The highest BCUT2D eigenvalue weighted by molar-refractivity contribution is 7.80. The lowest BCUT2D eigenvalue weighted by Crippen LogP contribution is -1.76. The summed E-state index contributed by atoms with van der Waals surface area (Å²) < 4.78 is 0. The minimum absolute atomic E-state index is 1.05. The van der Waals surface area contributed by atoms with E-state index in [9.17, 15) is 0 Å². The normalized spacial score (nSPS) is 11.3. The Bertz CT molecular complexity index is 652. The summed E-state index contributed by atoms with van der Waals surface area (Å²) in [6, 6.07) is 12.6. The summed E-state index contributed by atoms with van der Waals surface area (Å²) >= 11 is 4.46. The van der Waals surface area contributed by atoms with Crippen LogP contribution in [0.5, 0.6) is 0 Å². The van der Waals surface area contributed by atoms with Gasteiger partial charge in [0, 0.05) is 26.7 Å². The van der Waals surface area contributed by atoms with E-state index < -0.39 is 0 Å². The highest BCUT2D eigenvalue weighted by atomic mass is 32.1. The fourth-order valence-corrected chi connectivity index (χ4v) is 2.19. The van der Waals surface area contributed by atoms with E-state index in [1.54, 1.807) is 0 Å². The van der Waals surface area contributed by atoms with Crippen LogP contribution in [0.25, 0.3) is 21.8 Å². The van der Waals surface area contributed by atoms with Crippen LogP contribution in [-0.2, 0) is 0 Å². The van der Waals surface area contributed by atoms with Crippen molar-refractivity contribution >= 4 is 34.4 Å². The van der Waals surface area contributed by atoms with Crippen LogP contribution >= 0.6 is 12.6 Å². The monoisotopic (exact) mass is 213 g/mol. The molecule has 2 aromatic carbocycles. The van der Waals surface area contributed by atoms with Crippen LogP contribution in [0.15, 0.2) is 41.3 Å². The largest absolute Gasteiger partial charge is 0.355 e. The van der Waals surface area contributed by atoms with Crippen molar-refractivity contribution in [1.82, 2.24) is 4.98 Å². The number of fused-ring (bicyclic) bond motifs is 3. The Labute approximate surface area is 93.5 Å². The fourth-order valence-electron chi connectivity index (χ4n) is 1.99. The molecule has 0 unspecified atom stereocenters. The fraction of sp³-hybridized carbons (Fsp3) is 0.0769. The van der Waals surface area contributed by atoms with Gasteiger partial charge in [0.1, 0.15) is 0 Å². The number of rotatable bonds is 0. The molecule has 0 saturated heterocycles. The molecule has 1 aromatic heterocycles. The lowest BCUT2D eigenvalue weighted by molar-refractivity contribution is 1.33. The summed E-state index contributed by atoms with van der Waals surface area (Å²) in [5.74, 6) is 0. The zero-order valence-electron chi connectivity index (χ0n) is 8.41. The third-order valence-corrected chi connectivity index (χ3v) is 3.30. The van der Waals surface area contributed by atoms with Gasteiger partial charge in [-0.15, -0.1) is 12.6 Å². The van der Waals surface area contributed by atoms with Gasteiger partial charge < -0.3 is 4.98 Å². The van der Waals surface area contributed by atoms with Crippen LogP contribution < -0.4 is 0 Å². The van der Waals surface area contributed by atoms with E-state index in [2.05, 4.69) is 54.9 Å². The third kappa shape index (κ3) is 1.25. The van der Waals surface area contributed by atoms with Gasteiger partial charge in [-0.1, -0.05) is 18.2 Å². The Balaban J connectivity index is 2.56. The minimum Gasteiger partial charge on any atom is -0.355 e. The molecular formula is C13H11NS. The zero-order chi connectivity index (χ0) is 10.4. The van der Waals surface area contributed by atoms with E-state index in [0.29, 0.717) is 0 Å². The number of benzene rings is 2. The Hall–Kier alpha value is -1.41. The average Bonchev–Trinajstić information content (AvgIpc) is 2.57. The molecule has 1 heterocycles. The molecule has 0 spiro atoms. The summed E-state index contributed by atoms with van der Waals surface area (Å²) in [5.41, 5.74) is 3.58. The molecule has 0 atom stereocenters. The Morgan fingerprint density at radius 3 is 2.67 bits per heavy atom. The maximum absolute atomic E-state index is 4.46. The van der Waals surface area contributed by atoms with Gasteiger partial charge >= 0.3 is 0 Å². The first-order valence-electron chi connectivity index (χ1n) is 4.96. The SMILES string of the molecule is Cc1cc2[nH]c3ccccc3c2cc1S. The molecule has 0 aliphatic carbocycles. The molecule has 15 heavy (non-hydrogen) atoms. The van der Waals surface area contributed by atoms with Crippen LogP contribution in [0.1, 0.15) is 5.56 Å². The molecule has 2 heteroatoms. The molecule has 3 rings (SSSR count). The number of para-hydroxylation sites is 1. The van der Waals surface area contributed by atoms with E-state index in [0.717, 1.165) is 4.90 Å². The van der Waals surface area contributed by atoms with Gasteiger partial charge in [-0.05, 0) is 30.7 Å². The van der Waals surface area contributed by atoms with Crippen LogP contribution in [0.4, 0.5) is 0 Å². The van der Waals surface area contributed by atoms with Crippen LogP contribution in [0, 0.1) is 6.92 Å². The van der Waals surface area contributed by atoms with Crippen molar-refractivity contribution < 1.29 is 0 Å². The van der Waals surface area contributed by atoms with Gasteiger partial charge in [-0.3, -0.25) is 0 Å². The topological polar surface area (TPSA) is 15.8 Å². The van der Waals surface area contributed by atoms with Crippen molar-refractivity contribution in [2.45, 2.75) is 11.8 Å². The van der Waals surface area contributed by atoms with E-state index in [1.807, 2.05) is 6.07 Å². The lowest BCUT2D eigenvalue weighted by atomic mass is 10.1. The molecule has 0 radical (unpaired) electrons. The molecule has 0 bridgehead atoms. The second-order valence-electron chi connectivity index (χ2n) is 3.85. The standard InChI is InChI=1S/C13H11NS/c1-8-6-12-10(7-13(8)15)9-4-2-3-5-11(9)14-12/h2-7,14-15H,1H3. The predicted octanol–water partition coefficient (Wildman–Crippen LogP) is 3.92. The molecule has 74 valence electrons. The first kappa shape index (κ1) is 8.86. The number of thiol groups is 1. The Morgan fingerprint density at radius 1 is 1.00 bits per heavy atom. The number of nitrogens with one attached hydrogen (secondary N) is 1. The average molecular weight is 213 g/mol. The van der Waals surface area contributed by atoms with E-state index in [-0.39, 0.29) is 0 Å². The highest BCUT2D eigenvalue weighted by Gasteiger charge is 2.04. The number of hydrogen-bond acceptors (Lipinski definition) is 1. The minimum atomic E-state index is 1.05. The molecule has 0 aliphatic heterocycles. The molecule has 1 N–H and O–H groups in total. The summed E-state index contributed by atoms with van der Waals surface area (Å²) in [5, 5.41) is 2.52. The summed E-state index contributed by atoms with van der Waals surface area (Å²) in [4.78, 5) is 4.46. The Morgan fingerprint density at radius 2 is 1.80 bits per heavy atom. The van der Waals surface area contributed by atoms with Gasteiger partial charge in [0.15, 0.2) is 0 Å². The van der Waals surface area contributed by atoms with Crippen molar-refractivity contribution in [2.75, 3.05) is 0 Å². The molecule has 0 amide bonds. The maximum Gasteiger partial charge on any atom is 0.0468 e. The smallest absolute Gasteiger partial charge is 0.0468 e. The van der Waals surface area contributed by atoms with Gasteiger partial charge in [0.25, 0.3) is 0 Å². The second kappa shape index (κ2) is 3.04. The maximum atomic E-state index is 4.46. The lowest BCUT2D eigenvalue weighted by Gasteiger charge is -1.98. The number of hydrogen-bond donors (Lipinski definition) is 2. The molecular weight excluding hydrogens is 202 g/mol. The number of aromatic amines is 1. The van der Waals surface area contributed by atoms with Crippen molar-refractivity contribution in [1.29, 1.82) is 0 Å². The number of H-pyrrole nitrogens is 1. The molecule has 1 nitrogen and oxygen atoms in total. The van der Waals surface area contributed by atoms with E-state index >= 15 is 0 Å². The first-order valence-corrected chi connectivity index (χ1v) is 5.40. The van der Waals surface area contributed by atoms with Gasteiger partial charge in [-0.2, -0.15) is 0 Å². The highest BCUT2D eigenvalue weighted by Crippen LogP contribution is 2.28. The van der Waals surface area contributed by atoms with Crippen molar-refractivity contribution in [3.63, 3.8) is 0 Å². The van der Waals surface area contributed by atoms with E-state index in [1.165, 1.54) is 27.4 Å². The summed E-state index contributed by atoms with van der Waals surface area (Å²) in [7, 11) is 0. The van der Waals surface area contributed by atoms with Crippen LogP contribution in [-0.4, -0.2) is 4.98 Å². The van der Waals surface area contributed by atoms with Gasteiger partial charge in [0.2, 0.25) is 0 Å². The predicted molar refractivity (Wildman–Crippen MR) is 67.8 cm³/mol. The summed E-state index contributed by atoms with van der Waals surface area (Å²) in [6.07, 6.45) is 0. The van der Waals surface area contributed by atoms with Crippen LogP contribution in [0.2, 0.25) is 0 Å². The summed E-state index contributed by atoms with van der Waals surface area (Å²) in [6.45, 7) is 2.08. The first-order chi connectivity index (χ1) is 7.25. The zero-order valence-corrected chi connectivity index (χ0v) is 9.31. The van der Waals surface area contributed by atoms with Crippen molar-refractivity contribution in [3.8, 4) is 0 Å². The quantitative estimate of drug-likeness (QED) is 0.526. The van der Waals surface area contributed by atoms with E-state index in [4.69, 9.17) is 0 Å². The number of aromatic nitrogens is 1. The molecule has 0 fully saturated rings. The van der Waals surface area contributed by atoms with Gasteiger partial charge in [0.05, 0.1) is 0 Å². The van der Waals surface area contributed by atoms with Crippen LogP contribution in [0.3, 0.4) is 0 Å².